The maximum Gasteiger partial charge on any atom is 0.337 e. The van der Waals surface area contributed by atoms with Crippen molar-refractivity contribution < 1.29 is 18.7 Å². The van der Waals surface area contributed by atoms with Gasteiger partial charge in [-0.3, -0.25) is 14.2 Å². The molecule has 0 saturated heterocycles. The van der Waals surface area contributed by atoms with E-state index < -0.39 is 5.97 Å². The minimum absolute atomic E-state index is 0.227. The number of benzene rings is 2. The standard InChI is InChI=1S/C23H19N3O5S/c1-30-22(29)16-8-9-18-19(11-16)25-23(32)26(21(18)28)13-14-4-6-15(7-5-14)20(27)24-12-17-3-2-10-31-17/h2-11H,12-13H2,1H3,(H,24,27)(H,25,32). The number of amides is 1. The molecule has 0 aliphatic rings. The number of esters is 1. The van der Waals surface area contributed by atoms with E-state index in [4.69, 9.17) is 21.4 Å². The highest BCUT2D eigenvalue weighted by molar-refractivity contribution is 7.71. The molecule has 1 amide bonds. The summed E-state index contributed by atoms with van der Waals surface area (Å²) in [4.78, 5) is 40.0. The van der Waals surface area contributed by atoms with Crippen molar-refractivity contribution in [2.24, 2.45) is 0 Å². The number of aromatic nitrogens is 2. The number of methoxy groups -OCH3 is 1. The fourth-order valence-corrected chi connectivity index (χ4v) is 3.53. The van der Waals surface area contributed by atoms with Gasteiger partial charge in [0.15, 0.2) is 4.77 Å². The highest BCUT2D eigenvalue weighted by Gasteiger charge is 2.12. The second kappa shape index (κ2) is 9.03. The van der Waals surface area contributed by atoms with Crippen molar-refractivity contribution in [3.63, 3.8) is 0 Å². The van der Waals surface area contributed by atoms with E-state index in [2.05, 4.69) is 10.3 Å². The first kappa shape index (κ1) is 21.3. The summed E-state index contributed by atoms with van der Waals surface area (Å²) in [6.07, 6.45) is 1.55. The molecule has 0 aliphatic carbocycles. The zero-order chi connectivity index (χ0) is 22.7. The van der Waals surface area contributed by atoms with Gasteiger partial charge < -0.3 is 19.5 Å². The van der Waals surface area contributed by atoms with Gasteiger partial charge in [-0.2, -0.15) is 0 Å². The Bertz CT molecular complexity index is 1400. The normalized spacial score (nSPS) is 10.8. The maximum absolute atomic E-state index is 13.0. The van der Waals surface area contributed by atoms with Crippen LogP contribution in [0.15, 0.2) is 70.1 Å². The SMILES string of the molecule is COC(=O)c1ccc2c(=O)n(Cc3ccc(C(=O)NCc4ccco4)cc3)c(=S)[nH]c2c1. The van der Waals surface area contributed by atoms with Crippen molar-refractivity contribution in [1.29, 1.82) is 0 Å². The van der Waals surface area contributed by atoms with Crippen LogP contribution in [0.1, 0.15) is 32.0 Å². The van der Waals surface area contributed by atoms with Crippen LogP contribution in [0.4, 0.5) is 0 Å². The predicted molar refractivity (Wildman–Crippen MR) is 120 cm³/mol. The Balaban J connectivity index is 1.54. The van der Waals surface area contributed by atoms with Crippen LogP contribution in [0.5, 0.6) is 0 Å². The number of rotatable bonds is 6. The van der Waals surface area contributed by atoms with Gasteiger partial charge in [-0.05, 0) is 60.2 Å². The lowest BCUT2D eigenvalue weighted by Crippen LogP contribution is -2.24. The maximum atomic E-state index is 13.0. The zero-order valence-electron chi connectivity index (χ0n) is 17.1. The summed E-state index contributed by atoms with van der Waals surface area (Å²) in [5.41, 5.74) is 1.80. The molecule has 0 atom stereocenters. The lowest BCUT2D eigenvalue weighted by atomic mass is 10.1. The number of aromatic amines is 1. The van der Waals surface area contributed by atoms with E-state index in [1.54, 1.807) is 54.8 Å². The molecule has 9 heteroatoms. The number of carbonyl (C=O) groups is 2. The van der Waals surface area contributed by atoms with E-state index in [0.29, 0.717) is 34.3 Å². The third-order valence-electron chi connectivity index (χ3n) is 4.96. The summed E-state index contributed by atoms with van der Waals surface area (Å²) in [7, 11) is 1.29. The molecule has 4 aromatic rings. The quantitative estimate of drug-likeness (QED) is 0.345. The van der Waals surface area contributed by atoms with Gasteiger partial charge in [0.2, 0.25) is 0 Å². The van der Waals surface area contributed by atoms with Crippen LogP contribution >= 0.6 is 12.2 Å². The molecular formula is C23H19N3O5S. The molecule has 2 N–H and O–H groups in total. The van der Waals surface area contributed by atoms with Crippen LogP contribution in [-0.4, -0.2) is 28.5 Å². The zero-order valence-corrected chi connectivity index (χ0v) is 17.9. The topological polar surface area (TPSA) is 106 Å². The molecule has 0 saturated carbocycles. The largest absolute Gasteiger partial charge is 0.467 e. The van der Waals surface area contributed by atoms with Crippen molar-refractivity contribution in [2.75, 3.05) is 7.11 Å². The molecule has 32 heavy (non-hydrogen) atoms. The summed E-state index contributed by atoms with van der Waals surface area (Å²) in [5.74, 6) is -0.0585. The third-order valence-corrected chi connectivity index (χ3v) is 5.29. The number of ether oxygens (including phenoxy) is 1. The van der Waals surface area contributed by atoms with Crippen LogP contribution in [-0.2, 0) is 17.8 Å². The number of hydrogen-bond donors (Lipinski definition) is 2. The van der Waals surface area contributed by atoms with Gasteiger partial charge in [0, 0.05) is 5.56 Å². The van der Waals surface area contributed by atoms with E-state index >= 15 is 0 Å². The summed E-state index contributed by atoms with van der Waals surface area (Å²) in [5, 5.41) is 3.19. The molecule has 0 radical (unpaired) electrons. The van der Waals surface area contributed by atoms with Crippen molar-refractivity contribution in [1.82, 2.24) is 14.9 Å². The van der Waals surface area contributed by atoms with E-state index in [0.717, 1.165) is 5.56 Å². The number of fused-ring (bicyclic) bond motifs is 1. The van der Waals surface area contributed by atoms with Gasteiger partial charge in [0.05, 0.1) is 42.9 Å². The minimum atomic E-state index is -0.497. The number of hydrogen-bond acceptors (Lipinski definition) is 6. The smallest absolute Gasteiger partial charge is 0.337 e. The second-order valence-electron chi connectivity index (χ2n) is 7.03. The van der Waals surface area contributed by atoms with Crippen molar-refractivity contribution in [3.05, 3.63) is 98.4 Å². The van der Waals surface area contributed by atoms with E-state index in [9.17, 15) is 14.4 Å². The van der Waals surface area contributed by atoms with Gasteiger partial charge in [0.25, 0.3) is 11.5 Å². The average Bonchev–Trinajstić information content (AvgIpc) is 3.33. The lowest BCUT2D eigenvalue weighted by molar-refractivity contribution is 0.0600. The first-order valence-corrected chi connectivity index (χ1v) is 10.1. The summed E-state index contributed by atoms with van der Waals surface area (Å²) in [6, 6.07) is 15.1. The monoisotopic (exact) mass is 449 g/mol. The fourth-order valence-electron chi connectivity index (χ4n) is 3.27. The second-order valence-corrected chi connectivity index (χ2v) is 7.42. The molecule has 8 nitrogen and oxygen atoms in total. The van der Waals surface area contributed by atoms with Crippen LogP contribution in [0, 0.1) is 4.77 Å². The van der Waals surface area contributed by atoms with Gasteiger partial charge in [-0.25, -0.2) is 4.79 Å². The van der Waals surface area contributed by atoms with Crippen LogP contribution in [0.25, 0.3) is 10.9 Å². The van der Waals surface area contributed by atoms with Crippen molar-refractivity contribution >= 4 is 35.0 Å². The molecule has 0 aliphatic heterocycles. The van der Waals surface area contributed by atoms with Gasteiger partial charge in [0.1, 0.15) is 5.76 Å². The lowest BCUT2D eigenvalue weighted by Gasteiger charge is -2.10. The van der Waals surface area contributed by atoms with E-state index in [-0.39, 0.29) is 22.8 Å². The number of nitrogens with one attached hydrogen (secondary N) is 2. The van der Waals surface area contributed by atoms with E-state index in [1.165, 1.54) is 17.7 Å². The van der Waals surface area contributed by atoms with E-state index in [1.807, 2.05) is 0 Å². The Morgan fingerprint density at radius 3 is 2.56 bits per heavy atom. The van der Waals surface area contributed by atoms with Crippen LogP contribution in [0.2, 0.25) is 0 Å². The highest BCUT2D eigenvalue weighted by Crippen LogP contribution is 2.13. The molecule has 4 rings (SSSR count). The summed E-state index contributed by atoms with van der Waals surface area (Å²) in [6.45, 7) is 0.532. The molecule has 162 valence electrons. The fraction of sp³-hybridized carbons (Fsp3) is 0.130. The molecule has 2 aromatic heterocycles. The Labute approximate surface area is 187 Å². The first-order chi connectivity index (χ1) is 15.5. The summed E-state index contributed by atoms with van der Waals surface area (Å²) >= 11 is 5.36. The number of carbonyl (C=O) groups excluding carboxylic acids is 2. The first-order valence-electron chi connectivity index (χ1n) is 9.71. The van der Waals surface area contributed by atoms with Crippen LogP contribution in [0.3, 0.4) is 0 Å². The molecule has 0 bridgehead atoms. The molecule has 0 fully saturated rings. The Morgan fingerprint density at radius 1 is 1.12 bits per heavy atom. The molecular weight excluding hydrogens is 430 g/mol. The Kier molecular flexibility index (Phi) is 6.00. The Morgan fingerprint density at radius 2 is 1.88 bits per heavy atom. The summed E-state index contributed by atoms with van der Waals surface area (Å²) < 4.78 is 11.6. The number of H-pyrrole nitrogens is 1. The average molecular weight is 449 g/mol. The van der Waals surface area contributed by atoms with Crippen LogP contribution < -0.4 is 10.9 Å². The van der Waals surface area contributed by atoms with Gasteiger partial charge >= 0.3 is 5.97 Å². The Hall–Kier alpha value is -3.98. The van der Waals surface area contributed by atoms with Crippen molar-refractivity contribution in [3.8, 4) is 0 Å². The van der Waals surface area contributed by atoms with Gasteiger partial charge in [-0.1, -0.05) is 12.1 Å². The highest BCUT2D eigenvalue weighted by atomic mass is 32.1. The molecule has 0 spiro atoms. The minimum Gasteiger partial charge on any atom is -0.467 e. The van der Waals surface area contributed by atoms with Gasteiger partial charge in [-0.15, -0.1) is 0 Å². The molecule has 0 unspecified atom stereocenters. The number of nitrogens with zero attached hydrogens (tertiary/aromatic N) is 1. The third kappa shape index (κ3) is 4.37. The van der Waals surface area contributed by atoms with Crippen molar-refractivity contribution in [2.45, 2.75) is 13.1 Å². The molecule has 2 aromatic carbocycles. The molecule has 2 heterocycles. The predicted octanol–water partition coefficient (Wildman–Crippen LogP) is 3.42. The number of furan rings is 1.